The Kier molecular flexibility index (Phi) is 3.04. The highest BCUT2D eigenvalue weighted by Crippen LogP contribution is 2.44. The average Bonchev–Trinajstić information content (AvgIpc) is 3.11. The number of hydrogen-bond donors (Lipinski definition) is 0. The van der Waals surface area contributed by atoms with E-state index in [2.05, 4.69) is 12.1 Å². The van der Waals surface area contributed by atoms with Crippen LogP contribution in [0.2, 0.25) is 0 Å². The Morgan fingerprint density at radius 2 is 1.72 bits per heavy atom. The molecule has 18 heavy (non-hydrogen) atoms. The summed E-state index contributed by atoms with van der Waals surface area (Å²) in [6, 6.07) is 14.2. The predicted molar refractivity (Wildman–Crippen MR) is 75.2 cm³/mol. The lowest BCUT2D eigenvalue weighted by Gasteiger charge is -2.27. The van der Waals surface area contributed by atoms with Crippen LogP contribution in [0.5, 0.6) is 0 Å². The van der Waals surface area contributed by atoms with Crippen LogP contribution < -0.4 is 0 Å². The maximum absolute atomic E-state index is 12.8. The number of hydrogen-bond acceptors (Lipinski definition) is 2. The van der Waals surface area contributed by atoms with Crippen LogP contribution in [0.3, 0.4) is 0 Å². The molecule has 0 saturated heterocycles. The summed E-state index contributed by atoms with van der Waals surface area (Å²) in [7, 11) is 0. The van der Waals surface area contributed by atoms with Crippen molar-refractivity contribution in [2.45, 2.75) is 31.1 Å². The molecular formula is C16H16OS. The normalized spacial score (nSPS) is 17.8. The Bertz CT molecular complexity index is 521. The van der Waals surface area contributed by atoms with Gasteiger partial charge in [0.1, 0.15) is 0 Å². The first kappa shape index (κ1) is 11.7. The zero-order chi connectivity index (χ0) is 12.4. The van der Waals surface area contributed by atoms with Crippen LogP contribution in [0.15, 0.2) is 47.8 Å². The Hall–Kier alpha value is -1.41. The van der Waals surface area contributed by atoms with Crippen molar-refractivity contribution in [3.05, 3.63) is 58.3 Å². The summed E-state index contributed by atoms with van der Waals surface area (Å²) >= 11 is 1.56. The van der Waals surface area contributed by atoms with E-state index in [1.807, 2.05) is 35.7 Å². The summed E-state index contributed by atoms with van der Waals surface area (Å²) in [6.07, 6.45) is 4.31. The van der Waals surface area contributed by atoms with Gasteiger partial charge in [-0.25, -0.2) is 0 Å². The lowest BCUT2D eigenvalue weighted by atomic mass is 9.75. The van der Waals surface area contributed by atoms with Crippen molar-refractivity contribution in [2.24, 2.45) is 0 Å². The Morgan fingerprint density at radius 1 is 1.00 bits per heavy atom. The van der Waals surface area contributed by atoms with Crippen molar-refractivity contribution in [2.75, 3.05) is 0 Å². The molecule has 0 bridgehead atoms. The summed E-state index contributed by atoms with van der Waals surface area (Å²) in [5.41, 5.74) is 0.937. The molecule has 1 saturated carbocycles. The van der Waals surface area contributed by atoms with Crippen LogP contribution in [0.1, 0.15) is 40.9 Å². The highest BCUT2D eigenvalue weighted by Gasteiger charge is 2.43. The van der Waals surface area contributed by atoms with E-state index in [-0.39, 0.29) is 5.41 Å². The molecule has 92 valence electrons. The molecule has 0 amide bonds. The minimum Gasteiger partial charge on any atom is -0.292 e. The molecule has 0 unspecified atom stereocenters. The fourth-order valence-corrected chi connectivity index (χ4v) is 3.79. The van der Waals surface area contributed by atoms with E-state index < -0.39 is 0 Å². The van der Waals surface area contributed by atoms with E-state index in [0.29, 0.717) is 5.78 Å². The van der Waals surface area contributed by atoms with E-state index in [1.165, 1.54) is 5.56 Å². The zero-order valence-electron chi connectivity index (χ0n) is 10.3. The fraction of sp³-hybridized carbons (Fsp3) is 0.312. The minimum atomic E-state index is -0.258. The molecule has 0 aliphatic heterocycles. The van der Waals surface area contributed by atoms with Gasteiger partial charge in [-0.1, -0.05) is 49.2 Å². The first-order valence-electron chi connectivity index (χ1n) is 6.47. The van der Waals surface area contributed by atoms with Crippen molar-refractivity contribution in [1.29, 1.82) is 0 Å². The number of ketones is 1. The van der Waals surface area contributed by atoms with E-state index in [4.69, 9.17) is 0 Å². The van der Waals surface area contributed by atoms with Crippen LogP contribution in [-0.2, 0) is 5.41 Å². The lowest BCUT2D eigenvalue weighted by molar-refractivity contribution is 0.0890. The van der Waals surface area contributed by atoms with Gasteiger partial charge >= 0.3 is 0 Å². The van der Waals surface area contributed by atoms with Gasteiger partial charge in [-0.2, -0.15) is 0 Å². The monoisotopic (exact) mass is 256 g/mol. The molecule has 1 aliphatic carbocycles. The van der Waals surface area contributed by atoms with Crippen LogP contribution in [0, 0.1) is 0 Å². The van der Waals surface area contributed by atoms with Crippen molar-refractivity contribution in [3.63, 3.8) is 0 Å². The van der Waals surface area contributed by atoms with Gasteiger partial charge in [-0.15, -0.1) is 11.3 Å². The van der Waals surface area contributed by atoms with Gasteiger partial charge in [0.2, 0.25) is 0 Å². The first-order chi connectivity index (χ1) is 8.83. The van der Waals surface area contributed by atoms with Gasteiger partial charge in [0.15, 0.2) is 5.78 Å². The molecule has 0 atom stereocenters. The third-order valence-electron chi connectivity index (χ3n) is 3.96. The van der Waals surface area contributed by atoms with E-state index in [1.54, 1.807) is 11.3 Å². The van der Waals surface area contributed by atoms with Crippen molar-refractivity contribution in [1.82, 2.24) is 0 Å². The summed E-state index contributed by atoms with van der Waals surface area (Å²) in [5.74, 6) is 0.321. The molecular weight excluding hydrogens is 240 g/mol. The second kappa shape index (κ2) is 4.69. The molecule has 1 heterocycles. The summed E-state index contributed by atoms with van der Waals surface area (Å²) < 4.78 is 0. The third kappa shape index (κ3) is 1.81. The smallest absolute Gasteiger partial charge is 0.183 e. The largest absolute Gasteiger partial charge is 0.292 e. The zero-order valence-corrected chi connectivity index (χ0v) is 11.1. The Labute approximate surface area is 111 Å². The molecule has 1 nitrogen and oxygen atoms in total. The maximum Gasteiger partial charge on any atom is 0.183 e. The predicted octanol–water partition coefficient (Wildman–Crippen LogP) is 4.44. The molecule has 2 aromatic rings. The quantitative estimate of drug-likeness (QED) is 0.742. The molecule has 1 aromatic carbocycles. The summed E-state index contributed by atoms with van der Waals surface area (Å²) in [6.45, 7) is 0. The number of rotatable bonds is 3. The second-order valence-electron chi connectivity index (χ2n) is 4.96. The molecule has 1 fully saturated rings. The molecule has 0 N–H and O–H groups in total. The maximum atomic E-state index is 12.8. The SMILES string of the molecule is O=C(c1cccs1)C1(c2ccccc2)CCCC1. The van der Waals surface area contributed by atoms with Crippen LogP contribution in [-0.4, -0.2) is 5.78 Å². The summed E-state index contributed by atoms with van der Waals surface area (Å²) in [5, 5.41) is 1.99. The van der Waals surface area contributed by atoms with Gasteiger partial charge in [-0.3, -0.25) is 4.79 Å². The number of carbonyl (C=O) groups excluding carboxylic acids is 1. The molecule has 1 aromatic heterocycles. The van der Waals surface area contributed by atoms with Crippen molar-refractivity contribution < 1.29 is 4.79 Å². The van der Waals surface area contributed by atoms with Gasteiger partial charge in [0, 0.05) is 0 Å². The van der Waals surface area contributed by atoms with E-state index in [0.717, 1.165) is 30.6 Å². The fourth-order valence-electron chi connectivity index (χ4n) is 3.03. The topological polar surface area (TPSA) is 17.1 Å². The first-order valence-corrected chi connectivity index (χ1v) is 7.35. The Balaban J connectivity index is 2.05. The number of Topliss-reactive ketones (excluding diaryl/α,β-unsaturated/α-hetero) is 1. The van der Waals surface area contributed by atoms with Crippen molar-refractivity contribution >= 4 is 17.1 Å². The number of thiophene rings is 1. The standard InChI is InChI=1S/C16H16OS/c17-15(14-9-6-12-18-14)16(10-4-5-11-16)13-7-2-1-3-8-13/h1-3,6-9,12H,4-5,10-11H2. The number of benzene rings is 1. The molecule has 0 spiro atoms. The lowest BCUT2D eigenvalue weighted by Crippen LogP contribution is -2.32. The molecule has 1 aliphatic rings. The van der Waals surface area contributed by atoms with E-state index >= 15 is 0 Å². The average molecular weight is 256 g/mol. The van der Waals surface area contributed by atoms with Gasteiger partial charge < -0.3 is 0 Å². The van der Waals surface area contributed by atoms with Crippen LogP contribution in [0.25, 0.3) is 0 Å². The van der Waals surface area contributed by atoms with Gasteiger partial charge in [-0.05, 0) is 29.9 Å². The highest BCUT2D eigenvalue weighted by atomic mass is 32.1. The number of carbonyl (C=O) groups is 1. The van der Waals surface area contributed by atoms with Crippen molar-refractivity contribution in [3.8, 4) is 0 Å². The van der Waals surface area contributed by atoms with Gasteiger partial charge in [0.25, 0.3) is 0 Å². The summed E-state index contributed by atoms with van der Waals surface area (Å²) in [4.78, 5) is 13.7. The highest BCUT2D eigenvalue weighted by molar-refractivity contribution is 7.12. The minimum absolute atomic E-state index is 0.258. The van der Waals surface area contributed by atoms with Gasteiger partial charge in [0.05, 0.1) is 10.3 Å². The second-order valence-corrected chi connectivity index (χ2v) is 5.91. The van der Waals surface area contributed by atoms with Crippen LogP contribution in [0.4, 0.5) is 0 Å². The van der Waals surface area contributed by atoms with Crippen LogP contribution >= 0.6 is 11.3 Å². The molecule has 3 rings (SSSR count). The Morgan fingerprint density at radius 3 is 2.33 bits per heavy atom. The van der Waals surface area contributed by atoms with E-state index in [9.17, 15) is 4.79 Å². The third-order valence-corrected chi connectivity index (χ3v) is 4.83. The molecule has 0 radical (unpaired) electrons. The molecule has 2 heteroatoms.